The summed E-state index contributed by atoms with van der Waals surface area (Å²) < 4.78 is 0. The minimum Gasteiger partial charge on any atom is -0.352 e. The van der Waals surface area contributed by atoms with Crippen molar-refractivity contribution in [2.24, 2.45) is 5.41 Å². The van der Waals surface area contributed by atoms with Gasteiger partial charge >= 0.3 is 0 Å². The number of nitriles is 1. The van der Waals surface area contributed by atoms with Crippen LogP contribution in [0.4, 0.5) is 0 Å². The number of likely N-dealkylation sites (N-methyl/N-ethyl adjacent to an activating group) is 1. The van der Waals surface area contributed by atoms with E-state index in [-0.39, 0.29) is 24.4 Å². The predicted octanol–water partition coefficient (Wildman–Crippen LogP) is 1.83. The van der Waals surface area contributed by atoms with Gasteiger partial charge in [0, 0.05) is 12.6 Å². The molecule has 0 aromatic rings. The molecule has 5 nitrogen and oxygen atoms in total. The number of rotatable bonds is 5. The zero-order valence-corrected chi connectivity index (χ0v) is 12.7. The molecule has 0 bridgehead atoms. The molecule has 1 saturated carbocycles. The highest BCUT2D eigenvalue weighted by atomic mass is 16.2. The van der Waals surface area contributed by atoms with Gasteiger partial charge in [0.15, 0.2) is 0 Å². The first-order valence-electron chi connectivity index (χ1n) is 7.45. The van der Waals surface area contributed by atoms with Crippen molar-refractivity contribution in [1.82, 2.24) is 10.2 Å². The molecule has 0 spiro atoms. The lowest BCUT2D eigenvalue weighted by Crippen LogP contribution is -2.49. The monoisotopic (exact) mass is 279 g/mol. The first kappa shape index (κ1) is 16.5. The number of nitrogens with zero attached hydrogens (tertiary/aromatic N) is 2. The molecule has 20 heavy (non-hydrogen) atoms. The molecule has 1 fully saturated rings. The number of hydrogen-bond donors (Lipinski definition) is 1. The lowest BCUT2D eigenvalue weighted by Gasteiger charge is -2.34. The van der Waals surface area contributed by atoms with Crippen LogP contribution >= 0.6 is 0 Å². The van der Waals surface area contributed by atoms with Crippen LogP contribution in [0.1, 0.15) is 52.9 Å². The molecule has 112 valence electrons. The molecule has 0 saturated heterocycles. The zero-order valence-electron chi connectivity index (χ0n) is 12.7. The summed E-state index contributed by atoms with van der Waals surface area (Å²) in [7, 11) is 0. The first-order chi connectivity index (χ1) is 9.45. The summed E-state index contributed by atoms with van der Waals surface area (Å²) in [4.78, 5) is 25.9. The van der Waals surface area contributed by atoms with Gasteiger partial charge in [-0.05, 0) is 33.6 Å². The molecule has 1 aliphatic rings. The van der Waals surface area contributed by atoms with Gasteiger partial charge in [-0.15, -0.1) is 0 Å². The Morgan fingerprint density at radius 2 is 1.90 bits per heavy atom. The molecule has 1 aliphatic carbocycles. The molecular formula is C15H25N3O2. The SMILES string of the molecule is CCN(CC(=O)NC(C)C)C(=O)C1(C#N)CCCCC1. The van der Waals surface area contributed by atoms with Crippen molar-refractivity contribution in [3.63, 3.8) is 0 Å². The summed E-state index contributed by atoms with van der Waals surface area (Å²) in [6.07, 6.45) is 4.13. The van der Waals surface area contributed by atoms with Crippen LogP contribution in [0, 0.1) is 16.7 Å². The minimum absolute atomic E-state index is 0.0386. The zero-order chi connectivity index (χ0) is 15.2. The minimum atomic E-state index is -0.910. The number of nitrogens with one attached hydrogen (secondary N) is 1. The quantitative estimate of drug-likeness (QED) is 0.834. The van der Waals surface area contributed by atoms with Crippen molar-refractivity contribution in [2.75, 3.05) is 13.1 Å². The van der Waals surface area contributed by atoms with E-state index in [9.17, 15) is 14.9 Å². The van der Waals surface area contributed by atoms with Gasteiger partial charge < -0.3 is 10.2 Å². The van der Waals surface area contributed by atoms with E-state index in [1.54, 1.807) is 0 Å². The van der Waals surface area contributed by atoms with Crippen LogP contribution in [-0.4, -0.2) is 35.8 Å². The normalized spacial score (nSPS) is 17.4. The van der Waals surface area contributed by atoms with E-state index < -0.39 is 5.41 Å². The summed E-state index contributed by atoms with van der Waals surface area (Å²) in [6.45, 7) is 6.10. The van der Waals surface area contributed by atoms with Gasteiger partial charge in [0.2, 0.25) is 11.8 Å². The van der Waals surface area contributed by atoms with E-state index >= 15 is 0 Å². The maximum atomic E-state index is 12.6. The van der Waals surface area contributed by atoms with E-state index in [0.717, 1.165) is 19.3 Å². The summed E-state index contributed by atoms with van der Waals surface area (Å²) in [5.74, 6) is -0.347. The highest BCUT2D eigenvalue weighted by Crippen LogP contribution is 2.37. The summed E-state index contributed by atoms with van der Waals surface area (Å²) >= 11 is 0. The van der Waals surface area contributed by atoms with Gasteiger partial charge in [-0.25, -0.2) is 0 Å². The van der Waals surface area contributed by atoms with Crippen LogP contribution in [0.5, 0.6) is 0 Å². The van der Waals surface area contributed by atoms with Crippen LogP contribution in [0.15, 0.2) is 0 Å². The average molecular weight is 279 g/mol. The lowest BCUT2D eigenvalue weighted by atomic mass is 9.74. The Hall–Kier alpha value is -1.57. The molecular weight excluding hydrogens is 254 g/mol. The van der Waals surface area contributed by atoms with E-state index in [0.29, 0.717) is 19.4 Å². The topological polar surface area (TPSA) is 73.2 Å². The van der Waals surface area contributed by atoms with Gasteiger partial charge in [-0.1, -0.05) is 19.3 Å². The Morgan fingerprint density at radius 3 is 2.35 bits per heavy atom. The molecule has 0 aliphatic heterocycles. The third-order valence-electron chi connectivity index (χ3n) is 3.78. The Bertz CT molecular complexity index is 392. The third kappa shape index (κ3) is 3.96. The van der Waals surface area contributed by atoms with Gasteiger partial charge in [0.25, 0.3) is 0 Å². The Kier molecular flexibility index (Phi) is 6.00. The second kappa shape index (κ2) is 7.28. The van der Waals surface area contributed by atoms with Crippen molar-refractivity contribution >= 4 is 11.8 Å². The van der Waals surface area contributed by atoms with Crippen LogP contribution in [0.3, 0.4) is 0 Å². The first-order valence-corrected chi connectivity index (χ1v) is 7.45. The molecule has 5 heteroatoms. The average Bonchev–Trinajstić information content (AvgIpc) is 2.44. The van der Waals surface area contributed by atoms with E-state index in [2.05, 4.69) is 11.4 Å². The van der Waals surface area contributed by atoms with Crippen molar-refractivity contribution < 1.29 is 9.59 Å². The molecule has 0 aromatic carbocycles. The number of carbonyl (C=O) groups excluding carboxylic acids is 2. The number of hydrogen-bond acceptors (Lipinski definition) is 3. The van der Waals surface area contributed by atoms with Crippen molar-refractivity contribution in [3.8, 4) is 6.07 Å². The molecule has 0 heterocycles. The van der Waals surface area contributed by atoms with Crippen LogP contribution in [-0.2, 0) is 9.59 Å². The third-order valence-corrected chi connectivity index (χ3v) is 3.78. The van der Waals surface area contributed by atoms with E-state index in [4.69, 9.17) is 0 Å². The highest BCUT2D eigenvalue weighted by molar-refractivity contribution is 5.89. The smallest absolute Gasteiger partial charge is 0.243 e. The maximum absolute atomic E-state index is 12.6. The lowest BCUT2D eigenvalue weighted by molar-refractivity contribution is -0.143. The fourth-order valence-electron chi connectivity index (χ4n) is 2.70. The Morgan fingerprint density at radius 1 is 1.30 bits per heavy atom. The van der Waals surface area contributed by atoms with Gasteiger partial charge in [-0.3, -0.25) is 9.59 Å². The fourth-order valence-corrected chi connectivity index (χ4v) is 2.70. The largest absolute Gasteiger partial charge is 0.352 e. The van der Waals surface area contributed by atoms with Crippen molar-refractivity contribution in [3.05, 3.63) is 0 Å². The molecule has 0 atom stereocenters. The van der Waals surface area contributed by atoms with Crippen molar-refractivity contribution in [2.45, 2.75) is 58.9 Å². The summed E-state index contributed by atoms with van der Waals surface area (Å²) in [5, 5.41) is 12.2. The number of carbonyl (C=O) groups is 2. The second-order valence-electron chi connectivity index (χ2n) is 5.80. The van der Waals surface area contributed by atoms with Gasteiger partial charge in [0.1, 0.15) is 5.41 Å². The molecule has 1 N–H and O–H groups in total. The van der Waals surface area contributed by atoms with Gasteiger partial charge in [0.05, 0.1) is 12.6 Å². The van der Waals surface area contributed by atoms with Crippen LogP contribution in [0.2, 0.25) is 0 Å². The van der Waals surface area contributed by atoms with Crippen LogP contribution < -0.4 is 5.32 Å². The second-order valence-corrected chi connectivity index (χ2v) is 5.80. The molecule has 0 aromatic heterocycles. The molecule has 1 rings (SSSR count). The standard InChI is InChI=1S/C15H25N3O2/c1-4-18(10-13(19)17-12(2)3)14(20)15(11-16)8-6-5-7-9-15/h12H,4-10H2,1-3H3,(H,17,19). The summed E-state index contributed by atoms with van der Waals surface area (Å²) in [5.41, 5.74) is -0.910. The Labute approximate surface area is 121 Å². The van der Waals surface area contributed by atoms with Crippen LogP contribution in [0.25, 0.3) is 0 Å². The molecule has 0 radical (unpaired) electrons. The van der Waals surface area contributed by atoms with Crippen molar-refractivity contribution in [1.29, 1.82) is 5.26 Å². The molecule has 0 unspecified atom stereocenters. The van der Waals surface area contributed by atoms with E-state index in [1.165, 1.54) is 4.90 Å². The maximum Gasteiger partial charge on any atom is 0.243 e. The molecule has 2 amide bonds. The fraction of sp³-hybridized carbons (Fsp3) is 0.800. The van der Waals surface area contributed by atoms with E-state index in [1.807, 2.05) is 20.8 Å². The predicted molar refractivity (Wildman–Crippen MR) is 76.7 cm³/mol. The Balaban J connectivity index is 2.75. The summed E-state index contributed by atoms with van der Waals surface area (Å²) in [6, 6.07) is 2.27. The van der Waals surface area contributed by atoms with Gasteiger partial charge in [-0.2, -0.15) is 5.26 Å². The highest BCUT2D eigenvalue weighted by Gasteiger charge is 2.42. The number of amides is 2.